The molecule has 1 N–H and O–H groups in total. The van der Waals surface area contributed by atoms with Crippen LogP contribution in [0.25, 0.3) is 10.9 Å². The third kappa shape index (κ3) is 2.76. The largest absolute Gasteiger partial charge is 0.341 e. The van der Waals surface area contributed by atoms with E-state index in [1.807, 2.05) is 17.0 Å². The van der Waals surface area contributed by atoms with E-state index in [1.165, 1.54) is 11.0 Å². The van der Waals surface area contributed by atoms with Crippen LogP contribution in [0.4, 0.5) is 0 Å². The van der Waals surface area contributed by atoms with Crippen LogP contribution in [0.1, 0.15) is 19.3 Å². The molecule has 21 heavy (non-hydrogen) atoms. The molecule has 110 valence electrons. The summed E-state index contributed by atoms with van der Waals surface area (Å²) in [7, 11) is 0. The molecule has 0 aliphatic carbocycles. The van der Waals surface area contributed by atoms with Crippen molar-refractivity contribution in [3.05, 3.63) is 39.4 Å². The lowest BCUT2D eigenvalue weighted by molar-refractivity contribution is -0.132. The van der Waals surface area contributed by atoms with Gasteiger partial charge in [0.25, 0.3) is 5.56 Å². The molecule has 0 spiro atoms. The first-order valence-corrected chi connectivity index (χ1v) is 7.57. The number of piperidine rings is 1. The molecule has 1 amide bonds. The quantitative estimate of drug-likeness (QED) is 0.864. The van der Waals surface area contributed by atoms with Crippen molar-refractivity contribution in [3.63, 3.8) is 0 Å². The zero-order valence-electron chi connectivity index (χ0n) is 11.7. The number of hydrogen-bond acceptors (Lipinski definition) is 3. The Morgan fingerprint density at radius 1 is 1.19 bits per heavy atom. The van der Waals surface area contributed by atoms with Gasteiger partial charge in [-0.05, 0) is 43.6 Å². The lowest BCUT2D eigenvalue weighted by atomic mass is 10.1. The van der Waals surface area contributed by atoms with Gasteiger partial charge >= 0.3 is 0 Å². The normalized spacial score (nSPS) is 15.3. The molecule has 1 fully saturated rings. The Balaban J connectivity index is 1.95. The molecule has 1 aromatic heterocycles. The Bertz CT molecular complexity index is 787. The molecule has 1 aliphatic heterocycles. The fourth-order valence-corrected chi connectivity index (χ4v) is 2.98. The summed E-state index contributed by atoms with van der Waals surface area (Å²) in [5.74, 6) is -0.0356. The number of nitrogens with one attached hydrogen (secondary N) is 1. The van der Waals surface area contributed by atoms with Gasteiger partial charge in [0.05, 0.1) is 10.9 Å². The third-order valence-electron chi connectivity index (χ3n) is 3.89. The van der Waals surface area contributed by atoms with Crippen LogP contribution < -0.4 is 5.56 Å². The van der Waals surface area contributed by atoms with E-state index in [1.54, 1.807) is 12.1 Å². The summed E-state index contributed by atoms with van der Waals surface area (Å²) in [4.78, 5) is 29.6. The Kier molecular flexibility index (Phi) is 3.88. The number of H-pyrrole nitrogens is 1. The van der Waals surface area contributed by atoms with Crippen molar-refractivity contribution < 1.29 is 4.79 Å². The van der Waals surface area contributed by atoms with Crippen LogP contribution in [0, 0.1) is 4.77 Å². The van der Waals surface area contributed by atoms with Crippen LogP contribution in [0.3, 0.4) is 0 Å². The number of aromatic amines is 1. The highest BCUT2D eigenvalue weighted by Crippen LogP contribution is 2.10. The summed E-state index contributed by atoms with van der Waals surface area (Å²) in [6, 6.07) is 7.20. The number of nitrogens with zero attached hydrogens (tertiary/aromatic N) is 2. The Hall–Kier alpha value is -1.95. The molecule has 3 rings (SSSR count). The zero-order valence-corrected chi connectivity index (χ0v) is 12.5. The van der Waals surface area contributed by atoms with E-state index in [0.717, 1.165) is 25.9 Å². The molecular formula is C15H17N3O2S. The van der Waals surface area contributed by atoms with Gasteiger partial charge < -0.3 is 9.88 Å². The van der Waals surface area contributed by atoms with Gasteiger partial charge in [0, 0.05) is 13.1 Å². The van der Waals surface area contributed by atoms with Crippen molar-refractivity contribution in [2.75, 3.05) is 13.1 Å². The minimum absolute atomic E-state index is 0.0129. The number of fused-ring (bicyclic) bond motifs is 1. The molecular weight excluding hydrogens is 286 g/mol. The maximum Gasteiger partial charge on any atom is 0.262 e. The number of para-hydroxylation sites is 1. The van der Waals surface area contributed by atoms with Crippen molar-refractivity contribution in [1.29, 1.82) is 0 Å². The van der Waals surface area contributed by atoms with Gasteiger partial charge in [0.2, 0.25) is 5.91 Å². The van der Waals surface area contributed by atoms with Gasteiger partial charge in [-0.15, -0.1) is 0 Å². The molecule has 2 aromatic rings. The lowest BCUT2D eigenvalue weighted by Gasteiger charge is -2.26. The minimum atomic E-state index is -0.209. The Morgan fingerprint density at radius 2 is 1.90 bits per heavy atom. The number of aromatic nitrogens is 2. The standard InChI is InChI=1S/C15H17N3O2S/c19-13(17-8-4-1-5-9-17)10-18-14(20)11-6-2-3-7-12(11)16-15(18)21/h2-3,6-7H,1,4-5,8-10H2,(H,16,21). The van der Waals surface area contributed by atoms with E-state index < -0.39 is 0 Å². The lowest BCUT2D eigenvalue weighted by Crippen LogP contribution is -2.40. The fourth-order valence-electron chi connectivity index (χ4n) is 2.72. The van der Waals surface area contributed by atoms with Gasteiger partial charge in [-0.25, -0.2) is 0 Å². The molecule has 1 aromatic carbocycles. The van der Waals surface area contributed by atoms with Gasteiger partial charge in [-0.1, -0.05) is 12.1 Å². The molecule has 5 nitrogen and oxygen atoms in total. The average Bonchev–Trinajstić information content (AvgIpc) is 2.52. The Morgan fingerprint density at radius 3 is 2.67 bits per heavy atom. The molecule has 0 radical (unpaired) electrons. The average molecular weight is 303 g/mol. The SMILES string of the molecule is O=C(Cn1c(=S)[nH]c2ccccc2c1=O)N1CCCCC1. The van der Waals surface area contributed by atoms with E-state index in [9.17, 15) is 9.59 Å². The van der Waals surface area contributed by atoms with Gasteiger partial charge in [0.1, 0.15) is 6.54 Å². The van der Waals surface area contributed by atoms with Gasteiger partial charge in [0.15, 0.2) is 4.77 Å². The molecule has 0 bridgehead atoms. The molecule has 0 atom stereocenters. The second-order valence-electron chi connectivity index (χ2n) is 5.31. The molecule has 0 saturated carbocycles. The molecule has 0 unspecified atom stereocenters. The van der Waals surface area contributed by atoms with Crippen LogP contribution in [0.2, 0.25) is 0 Å². The third-order valence-corrected chi connectivity index (χ3v) is 4.21. The minimum Gasteiger partial charge on any atom is -0.341 e. The number of carbonyl (C=O) groups is 1. The number of likely N-dealkylation sites (tertiary alicyclic amines) is 1. The van der Waals surface area contributed by atoms with E-state index in [0.29, 0.717) is 15.7 Å². The first-order valence-electron chi connectivity index (χ1n) is 7.16. The summed E-state index contributed by atoms with van der Waals surface area (Å²) in [6.07, 6.45) is 3.23. The summed E-state index contributed by atoms with van der Waals surface area (Å²) < 4.78 is 1.65. The monoisotopic (exact) mass is 303 g/mol. The van der Waals surface area contributed by atoms with E-state index >= 15 is 0 Å². The first kappa shape index (κ1) is 14.0. The highest BCUT2D eigenvalue weighted by Gasteiger charge is 2.18. The van der Waals surface area contributed by atoms with Crippen LogP contribution in [0.15, 0.2) is 29.1 Å². The second-order valence-corrected chi connectivity index (χ2v) is 5.70. The summed E-state index contributed by atoms with van der Waals surface area (Å²) in [5, 5.41) is 0.553. The van der Waals surface area contributed by atoms with Gasteiger partial charge in [-0.3, -0.25) is 14.2 Å². The van der Waals surface area contributed by atoms with Crippen molar-refractivity contribution in [2.45, 2.75) is 25.8 Å². The molecule has 6 heteroatoms. The summed E-state index contributed by atoms with van der Waals surface area (Å²) in [6.45, 7) is 1.56. The molecule has 2 heterocycles. The van der Waals surface area contributed by atoms with Crippen molar-refractivity contribution in [3.8, 4) is 0 Å². The number of hydrogen-bond donors (Lipinski definition) is 1. The van der Waals surface area contributed by atoms with Gasteiger partial charge in [-0.2, -0.15) is 0 Å². The van der Waals surface area contributed by atoms with Crippen molar-refractivity contribution in [1.82, 2.24) is 14.5 Å². The first-order chi connectivity index (χ1) is 10.2. The second kappa shape index (κ2) is 5.81. The Labute approximate surface area is 127 Å². The predicted octanol–water partition coefficient (Wildman–Crippen LogP) is 2.07. The fraction of sp³-hybridized carbons (Fsp3) is 0.400. The van der Waals surface area contributed by atoms with Crippen molar-refractivity contribution >= 4 is 29.0 Å². The maximum absolute atomic E-state index is 12.5. The number of carbonyl (C=O) groups excluding carboxylic acids is 1. The maximum atomic E-state index is 12.5. The highest BCUT2D eigenvalue weighted by molar-refractivity contribution is 7.71. The summed E-state index contributed by atoms with van der Waals surface area (Å²) in [5.41, 5.74) is 0.494. The topological polar surface area (TPSA) is 58.1 Å². The van der Waals surface area contributed by atoms with Crippen LogP contribution in [-0.2, 0) is 11.3 Å². The van der Waals surface area contributed by atoms with Crippen LogP contribution in [-0.4, -0.2) is 33.4 Å². The summed E-state index contributed by atoms with van der Waals surface area (Å²) >= 11 is 5.22. The number of rotatable bonds is 2. The number of benzene rings is 1. The number of amides is 1. The van der Waals surface area contributed by atoms with Crippen LogP contribution in [0.5, 0.6) is 0 Å². The van der Waals surface area contributed by atoms with Crippen LogP contribution >= 0.6 is 12.2 Å². The molecule has 1 saturated heterocycles. The molecule has 1 aliphatic rings. The van der Waals surface area contributed by atoms with E-state index in [-0.39, 0.29) is 18.0 Å². The zero-order chi connectivity index (χ0) is 14.8. The van der Waals surface area contributed by atoms with E-state index in [4.69, 9.17) is 12.2 Å². The van der Waals surface area contributed by atoms with Crippen molar-refractivity contribution in [2.24, 2.45) is 0 Å². The highest BCUT2D eigenvalue weighted by atomic mass is 32.1. The van der Waals surface area contributed by atoms with E-state index in [2.05, 4.69) is 4.98 Å². The smallest absolute Gasteiger partial charge is 0.262 e. The predicted molar refractivity (Wildman–Crippen MR) is 83.8 cm³/mol.